The number of para-hydroxylation sites is 2. The van der Waals surface area contributed by atoms with Crippen LogP contribution in [0.25, 0.3) is 0 Å². The molecule has 1 saturated heterocycles. The summed E-state index contributed by atoms with van der Waals surface area (Å²) < 4.78 is 33.9. The number of carbonyl (C=O) groups excluding carboxylic acids is 2. The molecular formula is C23H18F2N2O3. The highest BCUT2D eigenvalue weighted by molar-refractivity contribution is 6.07. The zero-order valence-electron chi connectivity index (χ0n) is 16.1. The molecule has 30 heavy (non-hydrogen) atoms. The van der Waals surface area contributed by atoms with Gasteiger partial charge in [-0.1, -0.05) is 36.4 Å². The van der Waals surface area contributed by atoms with Crippen LogP contribution in [-0.2, 0) is 16.9 Å². The van der Waals surface area contributed by atoms with Gasteiger partial charge in [0.2, 0.25) is 0 Å². The number of urea groups is 1. The van der Waals surface area contributed by atoms with Gasteiger partial charge in [0.15, 0.2) is 0 Å². The summed E-state index contributed by atoms with van der Waals surface area (Å²) in [5.41, 5.74) is -1.34. The standard InChI is InChI=1S/C23H18F2N2O3/c1-23(18-13-16(24)11-12-19(18)25)21(28)27(22(29)26-23)14-15-7-5-6-10-20(15)30-17-8-3-2-4-9-17/h2-13H,14H2,1H3,(H,26,29)/t23-/m1/s1. The van der Waals surface area contributed by atoms with E-state index in [0.717, 1.165) is 23.1 Å². The molecule has 1 N–H and O–H groups in total. The largest absolute Gasteiger partial charge is 0.457 e. The number of amides is 3. The second kappa shape index (κ2) is 7.59. The summed E-state index contributed by atoms with van der Waals surface area (Å²) >= 11 is 0. The van der Waals surface area contributed by atoms with E-state index < -0.39 is 29.1 Å². The summed E-state index contributed by atoms with van der Waals surface area (Å²) in [4.78, 5) is 26.6. The van der Waals surface area contributed by atoms with E-state index in [4.69, 9.17) is 4.74 Å². The summed E-state index contributed by atoms with van der Waals surface area (Å²) in [6, 6.07) is 18.2. The van der Waals surface area contributed by atoms with E-state index in [1.54, 1.807) is 36.4 Å². The van der Waals surface area contributed by atoms with Crippen LogP contribution in [-0.4, -0.2) is 16.8 Å². The molecule has 1 aliphatic rings. The molecule has 0 saturated carbocycles. The Kier molecular flexibility index (Phi) is 4.95. The minimum absolute atomic E-state index is 0.0831. The first-order chi connectivity index (χ1) is 14.4. The molecule has 0 aromatic heterocycles. The number of benzene rings is 3. The molecule has 7 heteroatoms. The maximum absolute atomic E-state index is 14.3. The van der Waals surface area contributed by atoms with Gasteiger partial charge < -0.3 is 10.1 Å². The molecule has 3 aromatic carbocycles. The number of carbonyl (C=O) groups is 2. The molecule has 0 aliphatic carbocycles. The molecule has 1 aliphatic heterocycles. The van der Waals surface area contributed by atoms with Crippen molar-refractivity contribution in [3.05, 3.63) is 95.6 Å². The fraction of sp³-hybridized carbons (Fsp3) is 0.130. The van der Waals surface area contributed by atoms with E-state index in [-0.39, 0.29) is 12.1 Å². The van der Waals surface area contributed by atoms with Crippen molar-refractivity contribution >= 4 is 11.9 Å². The van der Waals surface area contributed by atoms with Crippen molar-refractivity contribution in [1.82, 2.24) is 10.2 Å². The van der Waals surface area contributed by atoms with Crippen molar-refractivity contribution in [2.24, 2.45) is 0 Å². The predicted molar refractivity (Wildman–Crippen MR) is 106 cm³/mol. The maximum atomic E-state index is 14.3. The first-order valence-electron chi connectivity index (χ1n) is 9.29. The van der Waals surface area contributed by atoms with Gasteiger partial charge in [0.25, 0.3) is 5.91 Å². The van der Waals surface area contributed by atoms with Crippen LogP contribution in [0.3, 0.4) is 0 Å². The van der Waals surface area contributed by atoms with Gasteiger partial charge in [0, 0.05) is 11.1 Å². The number of halogens is 2. The molecule has 1 heterocycles. The average Bonchev–Trinajstić information content (AvgIpc) is 2.95. The number of nitrogens with zero attached hydrogens (tertiary/aromatic N) is 1. The molecule has 0 spiro atoms. The van der Waals surface area contributed by atoms with Gasteiger partial charge in [0.05, 0.1) is 6.54 Å². The molecule has 0 unspecified atom stereocenters. The third-order valence-electron chi connectivity index (χ3n) is 5.01. The van der Waals surface area contributed by atoms with E-state index in [9.17, 15) is 18.4 Å². The van der Waals surface area contributed by atoms with Gasteiger partial charge in [-0.25, -0.2) is 13.6 Å². The Balaban J connectivity index is 1.63. The molecule has 152 valence electrons. The smallest absolute Gasteiger partial charge is 0.325 e. The van der Waals surface area contributed by atoms with Gasteiger partial charge in [-0.2, -0.15) is 0 Å². The third-order valence-corrected chi connectivity index (χ3v) is 5.01. The minimum Gasteiger partial charge on any atom is -0.457 e. The van der Waals surface area contributed by atoms with Crippen LogP contribution in [0.5, 0.6) is 11.5 Å². The van der Waals surface area contributed by atoms with Gasteiger partial charge in [-0.05, 0) is 43.3 Å². The van der Waals surface area contributed by atoms with E-state index in [0.29, 0.717) is 17.1 Å². The summed E-state index contributed by atoms with van der Waals surface area (Å²) in [5, 5.41) is 2.49. The molecule has 5 nitrogen and oxygen atoms in total. The van der Waals surface area contributed by atoms with Crippen LogP contribution < -0.4 is 10.1 Å². The van der Waals surface area contributed by atoms with Crippen molar-refractivity contribution in [2.75, 3.05) is 0 Å². The van der Waals surface area contributed by atoms with Gasteiger partial charge in [-0.3, -0.25) is 9.69 Å². The van der Waals surface area contributed by atoms with E-state index in [2.05, 4.69) is 5.32 Å². The second-order valence-electron chi connectivity index (χ2n) is 7.09. The Morgan fingerprint density at radius 3 is 2.43 bits per heavy atom. The van der Waals surface area contributed by atoms with Crippen LogP contribution in [0.2, 0.25) is 0 Å². The predicted octanol–water partition coefficient (Wildman–Crippen LogP) is 4.72. The van der Waals surface area contributed by atoms with Gasteiger partial charge in [-0.15, -0.1) is 0 Å². The fourth-order valence-corrected chi connectivity index (χ4v) is 3.42. The van der Waals surface area contributed by atoms with Crippen molar-refractivity contribution < 1.29 is 23.1 Å². The highest BCUT2D eigenvalue weighted by atomic mass is 19.1. The Labute approximate surface area is 171 Å². The number of ether oxygens (including phenoxy) is 1. The highest BCUT2D eigenvalue weighted by Crippen LogP contribution is 2.33. The number of nitrogens with one attached hydrogen (secondary N) is 1. The normalized spacial score (nSPS) is 18.4. The van der Waals surface area contributed by atoms with Gasteiger partial charge >= 0.3 is 6.03 Å². The first kappa shape index (κ1) is 19.6. The lowest BCUT2D eigenvalue weighted by molar-refractivity contribution is -0.131. The van der Waals surface area contributed by atoms with Crippen LogP contribution >= 0.6 is 0 Å². The molecule has 1 atom stereocenters. The van der Waals surface area contributed by atoms with Crippen LogP contribution in [0.4, 0.5) is 13.6 Å². The summed E-state index contributed by atoms with van der Waals surface area (Å²) in [7, 11) is 0. The Hall–Kier alpha value is -3.74. The molecule has 1 fully saturated rings. The minimum atomic E-state index is -1.71. The maximum Gasteiger partial charge on any atom is 0.325 e. The fourth-order valence-electron chi connectivity index (χ4n) is 3.42. The lowest BCUT2D eigenvalue weighted by Gasteiger charge is -2.23. The highest BCUT2D eigenvalue weighted by Gasteiger charge is 2.50. The van der Waals surface area contributed by atoms with Gasteiger partial charge in [0.1, 0.15) is 28.7 Å². The van der Waals surface area contributed by atoms with Crippen molar-refractivity contribution in [3.8, 4) is 11.5 Å². The zero-order valence-corrected chi connectivity index (χ0v) is 16.1. The van der Waals surface area contributed by atoms with Crippen LogP contribution in [0, 0.1) is 11.6 Å². The first-order valence-corrected chi connectivity index (χ1v) is 9.29. The Morgan fingerprint density at radius 1 is 0.967 bits per heavy atom. The number of imide groups is 1. The second-order valence-corrected chi connectivity index (χ2v) is 7.09. The van der Waals surface area contributed by atoms with E-state index >= 15 is 0 Å². The number of rotatable bonds is 5. The van der Waals surface area contributed by atoms with Crippen LogP contribution in [0.1, 0.15) is 18.1 Å². The van der Waals surface area contributed by atoms with Crippen LogP contribution in [0.15, 0.2) is 72.8 Å². The van der Waals surface area contributed by atoms with Crippen molar-refractivity contribution in [3.63, 3.8) is 0 Å². The third kappa shape index (κ3) is 3.50. The van der Waals surface area contributed by atoms with Crippen molar-refractivity contribution in [2.45, 2.75) is 19.0 Å². The molecule has 0 bridgehead atoms. The van der Waals surface area contributed by atoms with Crippen molar-refractivity contribution in [1.29, 1.82) is 0 Å². The average molecular weight is 408 g/mol. The molecule has 4 rings (SSSR count). The quantitative estimate of drug-likeness (QED) is 0.622. The lowest BCUT2D eigenvalue weighted by atomic mass is 9.91. The number of hydrogen-bond acceptors (Lipinski definition) is 3. The zero-order chi connectivity index (χ0) is 21.3. The number of hydrogen-bond donors (Lipinski definition) is 1. The monoisotopic (exact) mass is 408 g/mol. The molecular weight excluding hydrogens is 390 g/mol. The lowest BCUT2D eigenvalue weighted by Crippen LogP contribution is -2.41. The summed E-state index contributed by atoms with van der Waals surface area (Å²) in [6.07, 6.45) is 0. The Morgan fingerprint density at radius 2 is 1.67 bits per heavy atom. The molecule has 0 radical (unpaired) electrons. The summed E-state index contributed by atoms with van der Waals surface area (Å²) in [6.45, 7) is 1.28. The Bertz CT molecular complexity index is 1120. The molecule has 3 amide bonds. The molecule has 3 aromatic rings. The SMILES string of the molecule is C[C@]1(c2cc(F)ccc2F)NC(=O)N(Cc2ccccc2Oc2ccccc2)C1=O. The topological polar surface area (TPSA) is 58.6 Å². The van der Waals surface area contributed by atoms with E-state index in [1.807, 2.05) is 18.2 Å². The van der Waals surface area contributed by atoms with E-state index in [1.165, 1.54) is 6.92 Å². The summed E-state index contributed by atoms with van der Waals surface area (Å²) in [5.74, 6) is -1.06.